The summed E-state index contributed by atoms with van der Waals surface area (Å²) >= 11 is 3.44. The molecule has 2 rings (SSSR count). The molecule has 1 unspecified atom stereocenters. The van der Waals surface area contributed by atoms with Crippen molar-refractivity contribution in [1.82, 2.24) is 0 Å². The molecule has 1 amide bonds. The van der Waals surface area contributed by atoms with Gasteiger partial charge in [0.05, 0.1) is 5.69 Å². The lowest BCUT2D eigenvalue weighted by Gasteiger charge is -2.20. The Hall–Kier alpha value is -1.27. The van der Waals surface area contributed by atoms with Crippen LogP contribution in [0.15, 0.2) is 16.6 Å². The minimum absolute atomic E-state index is 0.0178. The first-order valence-electron chi connectivity index (χ1n) is 6.72. The van der Waals surface area contributed by atoms with E-state index in [9.17, 15) is 4.79 Å². The number of ether oxygens (including phenoxy) is 2. The Labute approximate surface area is 126 Å². The molecule has 20 heavy (non-hydrogen) atoms. The number of fused-ring (bicyclic) bond motifs is 1. The van der Waals surface area contributed by atoms with Crippen molar-refractivity contribution in [2.45, 2.75) is 19.8 Å². The maximum atomic E-state index is 12.1. The van der Waals surface area contributed by atoms with Gasteiger partial charge in [0.2, 0.25) is 5.91 Å². The van der Waals surface area contributed by atoms with Crippen LogP contribution in [-0.2, 0) is 4.79 Å². The molecule has 0 spiro atoms. The van der Waals surface area contributed by atoms with Crippen molar-refractivity contribution in [2.24, 2.45) is 11.7 Å². The molecule has 3 N–H and O–H groups in total. The normalized spacial score (nSPS) is 14.8. The summed E-state index contributed by atoms with van der Waals surface area (Å²) in [6.07, 6.45) is 1.63. The van der Waals surface area contributed by atoms with Crippen LogP contribution in [0.3, 0.4) is 0 Å². The molecule has 0 aromatic heterocycles. The van der Waals surface area contributed by atoms with Crippen molar-refractivity contribution in [1.29, 1.82) is 0 Å². The molecule has 1 aromatic rings. The van der Waals surface area contributed by atoms with Crippen molar-refractivity contribution < 1.29 is 14.3 Å². The van der Waals surface area contributed by atoms with Crippen molar-refractivity contribution in [3.63, 3.8) is 0 Å². The van der Waals surface area contributed by atoms with Gasteiger partial charge in [0.1, 0.15) is 13.2 Å². The first-order valence-corrected chi connectivity index (χ1v) is 7.51. The molecule has 1 aliphatic rings. The Bertz CT molecular complexity index is 494. The van der Waals surface area contributed by atoms with E-state index in [0.29, 0.717) is 36.9 Å². The zero-order chi connectivity index (χ0) is 14.5. The maximum absolute atomic E-state index is 12.1. The summed E-state index contributed by atoms with van der Waals surface area (Å²) in [7, 11) is 0. The fourth-order valence-corrected chi connectivity index (χ4v) is 2.39. The predicted molar refractivity (Wildman–Crippen MR) is 81.2 cm³/mol. The SMILES string of the molecule is CC(CCCN)C(=O)Nc1cc2c(cc1Br)OCCO2. The molecular formula is C14H19BrN2O3. The monoisotopic (exact) mass is 342 g/mol. The molecule has 0 saturated carbocycles. The van der Waals surface area contributed by atoms with Crippen LogP contribution >= 0.6 is 15.9 Å². The average Bonchev–Trinajstić information content (AvgIpc) is 2.45. The van der Waals surface area contributed by atoms with Gasteiger partial charge < -0.3 is 20.5 Å². The molecule has 110 valence electrons. The van der Waals surface area contributed by atoms with E-state index in [-0.39, 0.29) is 11.8 Å². The van der Waals surface area contributed by atoms with E-state index in [1.54, 1.807) is 6.07 Å². The Morgan fingerprint density at radius 1 is 1.40 bits per heavy atom. The first-order chi connectivity index (χ1) is 9.61. The van der Waals surface area contributed by atoms with Crippen LogP contribution in [0, 0.1) is 5.92 Å². The van der Waals surface area contributed by atoms with Crippen LogP contribution in [0.5, 0.6) is 11.5 Å². The Morgan fingerprint density at radius 2 is 2.05 bits per heavy atom. The van der Waals surface area contributed by atoms with Crippen LogP contribution in [-0.4, -0.2) is 25.7 Å². The van der Waals surface area contributed by atoms with Crippen LogP contribution in [0.4, 0.5) is 5.69 Å². The second-order valence-electron chi connectivity index (χ2n) is 4.80. The van der Waals surface area contributed by atoms with Gasteiger partial charge in [-0.05, 0) is 35.3 Å². The summed E-state index contributed by atoms with van der Waals surface area (Å²) in [5.41, 5.74) is 6.15. The highest BCUT2D eigenvalue weighted by molar-refractivity contribution is 9.10. The lowest BCUT2D eigenvalue weighted by molar-refractivity contribution is -0.119. The molecular weight excluding hydrogens is 324 g/mol. The average molecular weight is 343 g/mol. The van der Waals surface area contributed by atoms with Gasteiger partial charge in [-0.2, -0.15) is 0 Å². The molecule has 1 atom stereocenters. The zero-order valence-corrected chi connectivity index (χ0v) is 13.0. The number of amides is 1. The smallest absolute Gasteiger partial charge is 0.227 e. The third kappa shape index (κ3) is 3.64. The minimum atomic E-state index is -0.0707. The third-order valence-electron chi connectivity index (χ3n) is 3.18. The van der Waals surface area contributed by atoms with E-state index >= 15 is 0 Å². The number of nitrogens with two attached hydrogens (primary N) is 1. The standard InChI is InChI=1S/C14H19BrN2O3/c1-9(3-2-4-16)14(18)17-11-8-13-12(7-10(11)15)19-5-6-20-13/h7-9H,2-6,16H2,1H3,(H,17,18). The van der Waals surface area contributed by atoms with Crippen molar-refractivity contribution in [2.75, 3.05) is 25.1 Å². The molecule has 0 bridgehead atoms. The van der Waals surface area contributed by atoms with Crippen molar-refractivity contribution >= 4 is 27.5 Å². The van der Waals surface area contributed by atoms with Crippen LogP contribution < -0.4 is 20.5 Å². The lowest BCUT2D eigenvalue weighted by Crippen LogP contribution is -2.22. The summed E-state index contributed by atoms with van der Waals surface area (Å²) in [6, 6.07) is 3.60. The maximum Gasteiger partial charge on any atom is 0.227 e. The summed E-state index contributed by atoms with van der Waals surface area (Å²) in [4.78, 5) is 12.1. The molecule has 0 saturated heterocycles. The van der Waals surface area contributed by atoms with E-state index < -0.39 is 0 Å². The topological polar surface area (TPSA) is 73.6 Å². The van der Waals surface area contributed by atoms with E-state index in [1.807, 2.05) is 13.0 Å². The van der Waals surface area contributed by atoms with Crippen LogP contribution in [0.1, 0.15) is 19.8 Å². The van der Waals surface area contributed by atoms with Gasteiger partial charge >= 0.3 is 0 Å². The number of benzene rings is 1. The van der Waals surface area contributed by atoms with Crippen LogP contribution in [0.2, 0.25) is 0 Å². The van der Waals surface area contributed by atoms with E-state index in [0.717, 1.165) is 17.3 Å². The third-order valence-corrected chi connectivity index (χ3v) is 3.83. The number of nitrogens with one attached hydrogen (secondary N) is 1. The molecule has 6 heteroatoms. The number of carbonyl (C=O) groups excluding carboxylic acids is 1. The highest BCUT2D eigenvalue weighted by atomic mass is 79.9. The number of anilines is 1. The second kappa shape index (κ2) is 6.95. The van der Waals surface area contributed by atoms with E-state index in [2.05, 4.69) is 21.2 Å². The first kappa shape index (κ1) is 15.1. The predicted octanol–water partition coefficient (Wildman–Crippen LogP) is 2.53. The Morgan fingerprint density at radius 3 is 2.70 bits per heavy atom. The summed E-state index contributed by atoms with van der Waals surface area (Å²) in [5, 5.41) is 2.91. The molecule has 0 aliphatic carbocycles. The highest BCUT2D eigenvalue weighted by Gasteiger charge is 2.18. The highest BCUT2D eigenvalue weighted by Crippen LogP contribution is 2.38. The van der Waals surface area contributed by atoms with Gasteiger partial charge in [0, 0.05) is 22.5 Å². The molecule has 1 aromatic carbocycles. The number of carbonyl (C=O) groups is 1. The fraction of sp³-hybridized carbons (Fsp3) is 0.500. The van der Waals surface area contributed by atoms with Gasteiger partial charge in [-0.15, -0.1) is 0 Å². The number of rotatable bonds is 5. The van der Waals surface area contributed by atoms with Gasteiger partial charge in [0.25, 0.3) is 0 Å². The van der Waals surface area contributed by atoms with Crippen molar-refractivity contribution in [3.8, 4) is 11.5 Å². The molecule has 1 heterocycles. The Balaban J connectivity index is 2.07. The quantitative estimate of drug-likeness (QED) is 0.862. The van der Waals surface area contributed by atoms with Gasteiger partial charge in [-0.3, -0.25) is 4.79 Å². The lowest BCUT2D eigenvalue weighted by atomic mass is 10.0. The van der Waals surface area contributed by atoms with E-state index in [4.69, 9.17) is 15.2 Å². The zero-order valence-electron chi connectivity index (χ0n) is 11.4. The second-order valence-corrected chi connectivity index (χ2v) is 5.65. The van der Waals surface area contributed by atoms with Gasteiger partial charge in [-0.25, -0.2) is 0 Å². The molecule has 0 radical (unpaired) electrons. The summed E-state index contributed by atoms with van der Waals surface area (Å²) in [5.74, 6) is 1.26. The largest absolute Gasteiger partial charge is 0.486 e. The summed E-state index contributed by atoms with van der Waals surface area (Å²) < 4.78 is 11.8. The van der Waals surface area contributed by atoms with E-state index in [1.165, 1.54) is 0 Å². The molecule has 0 fully saturated rings. The Kier molecular flexibility index (Phi) is 5.25. The molecule has 5 nitrogen and oxygen atoms in total. The number of hydrogen-bond acceptors (Lipinski definition) is 4. The van der Waals surface area contributed by atoms with Crippen molar-refractivity contribution in [3.05, 3.63) is 16.6 Å². The molecule has 1 aliphatic heterocycles. The van der Waals surface area contributed by atoms with Gasteiger partial charge in [-0.1, -0.05) is 6.92 Å². The number of hydrogen-bond donors (Lipinski definition) is 2. The minimum Gasteiger partial charge on any atom is -0.486 e. The summed E-state index contributed by atoms with van der Waals surface area (Å²) in [6.45, 7) is 3.57. The van der Waals surface area contributed by atoms with Crippen LogP contribution in [0.25, 0.3) is 0 Å². The number of halogens is 1. The fourth-order valence-electron chi connectivity index (χ4n) is 1.97. The van der Waals surface area contributed by atoms with Gasteiger partial charge in [0.15, 0.2) is 11.5 Å².